The third-order valence-electron chi connectivity index (χ3n) is 6.30. The van der Waals surface area contributed by atoms with E-state index in [4.69, 9.17) is 4.74 Å². The van der Waals surface area contributed by atoms with E-state index in [0.717, 1.165) is 43.5 Å². The molecule has 184 valence electrons. The van der Waals surface area contributed by atoms with Gasteiger partial charge in [0.15, 0.2) is 6.61 Å². The first kappa shape index (κ1) is 24.8. The fourth-order valence-electron chi connectivity index (χ4n) is 4.53. The van der Waals surface area contributed by atoms with E-state index in [0.29, 0.717) is 17.4 Å². The summed E-state index contributed by atoms with van der Waals surface area (Å²) in [6.07, 6.45) is 3.02. The Morgan fingerprint density at radius 3 is 2.20 bits per heavy atom. The lowest BCUT2D eigenvalue weighted by Gasteiger charge is -2.32. The van der Waals surface area contributed by atoms with Gasteiger partial charge in [0.05, 0.1) is 4.90 Å². The Labute approximate surface area is 208 Å². The Kier molecular flexibility index (Phi) is 7.76. The molecule has 0 bridgehead atoms. The van der Waals surface area contributed by atoms with E-state index in [2.05, 4.69) is 29.0 Å². The normalized spacial score (nSPS) is 14.5. The number of amides is 1. The quantitative estimate of drug-likeness (QED) is 0.482. The maximum absolute atomic E-state index is 12.7. The lowest BCUT2D eigenvalue weighted by atomic mass is 9.90. The SMILES string of the molecule is Cc1cc(C)cc(NS(=O)(=O)c2ccc(OCC(=O)N3CCC(Cc4ccccc4)CC3)cc2)c1. The van der Waals surface area contributed by atoms with Gasteiger partial charge in [-0.25, -0.2) is 8.42 Å². The molecule has 0 aromatic heterocycles. The maximum atomic E-state index is 12.7. The van der Waals surface area contributed by atoms with Gasteiger partial charge >= 0.3 is 0 Å². The number of benzene rings is 3. The molecule has 1 saturated heterocycles. The van der Waals surface area contributed by atoms with Crippen LogP contribution in [0.2, 0.25) is 0 Å². The smallest absolute Gasteiger partial charge is 0.261 e. The Hall–Kier alpha value is -3.32. The van der Waals surface area contributed by atoms with Gasteiger partial charge in [0.25, 0.3) is 15.9 Å². The highest BCUT2D eigenvalue weighted by Crippen LogP contribution is 2.23. The standard InChI is InChI=1S/C28H32N2O4S/c1-21-16-22(2)18-25(17-21)29-35(32,33)27-10-8-26(9-11-27)34-20-28(31)30-14-12-24(13-15-30)19-23-6-4-3-5-7-23/h3-11,16-18,24,29H,12-15,19-20H2,1-2H3. The number of ether oxygens (including phenoxy) is 1. The topological polar surface area (TPSA) is 75.7 Å². The van der Waals surface area contributed by atoms with Crippen LogP contribution in [-0.4, -0.2) is 38.9 Å². The average molecular weight is 493 g/mol. The number of nitrogens with zero attached hydrogens (tertiary/aromatic N) is 1. The van der Waals surface area contributed by atoms with Crippen molar-refractivity contribution in [2.45, 2.75) is 38.0 Å². The zero-order valence-electron chi connectivity index (χ0n) is 20.2. The van der Waals surface area contributed by atoms with Gasteiger partial charge in [-0.3, -0.25) is 9.52 Å². The molecule has 1 aliphatic rings. The summed E-state index contributed by atoms with van der Waals surface area (Å²) in [5, 5.41) is 0. The number of piperidine rings is 1. The number of nitrogens with one attached hydrogen (secondary N) is 1. The van der Waals surface area contributed by atoms with E-state index in [1.165, 1.54) is 17.7 Å². The van der Waals surface area contributed by atoms with Crippen molar-refractivity contribution >= 4 is 21.6 Å². The van der Waals surface area contributed by atoms with Gasteiger partial charge in [-0.1, -0.05) is 36.4 Å². The number of carbonyl (C=O) groups is 1. The van der Waals surface area contributed by atoms with Crippen LogP contribution in [-0.2, 0) is 21.2 Å². The van der Waals surface area contributed by atoms with Crippen molar-refractivity contribution in [3.05, 3.63) is 89.5 Å². The second kappa shape index (κ2) is 11.0. The van der Waals surface area contributed by atoms with E-state index in [9.17, 15) is 13.2 Å². The van der Waals surface area contributed by atoms with Crippen molar-refractivity contribution in [3.8, 4) is 5.75 Å². The van der Waals surface area contributed by atoms with Crippen LogP contribution in [0.4, 0.5) is 5.69 Å². The van der Waals surface area contributed by atoms with Crippen LogP contribution >= 0.6 is 0 Å². The predicted molar refractivity (Wildman–Crippen MR) is 138 cm³/mol. The van der Waals surface area contributed by atoms with Gasteiger partial charge in [0, 0.05) is 18.8 Å². The number of likely N-dealkylation sites (tertiary alicyclic amines) is 1. The maximum Gasteiger partial charge on any atom is 0.261 e. The van der Waals surface area contributed by atoms with Gasteiger partial charge in [-0.2, -0.15) is 0 Å². The van der Waals surface area contributed by atoms with Crippen molar-refractivity contribution in [2.75, 3.05) is 24.4 Å². The molecule has 0 spiro atoms. The van der Waals surface area contributed by atoms with Crippen LogP contribution in [0.5, 0.6) is 5.75 Å². The second-order valence-corrected chi connectivity index (χ2v) is 10.9. The summed E-state index contributed by atoms with van der Waals surface area (Å²) in [5.74, 6) is 1.01. The molecule has 0 unspecified atom stereocenters. The Balaban J connectivity index is 1.26. The summed E-state index contributed by atoms with van der Waals surface area (Å²) >= 11 is 0. The molecule has 4 rings (SSSR count). The lowest BCUT2D eigenvalue weighted by molar-refractivity contribution is -0.134. The van der Waals surface area contributed by atoms with Crippen molar-refractivity contribution < 1.29 is 17.9 Å². The van der Waals surface area contributed by atoms with Crippen molar-refractivity contribution in [2.24, 2.45) is 5.92 Å². The first-order valence-electron chi connectivity index (χ1n) is 11.9. The summed E-state index contributed by atoms with van der Waals surface area (Å²) in [4.78, 5) is 14.6. The minimum atomic E-state index is -3.72. The molecule has 7 heteroatoms. The summed E-state index contributed by atoms with van der Waals surface area (Å²) in [6, 6.07) is 22.2. The minimum absolute atomic E-state index is 0.0451. The third kappa shape index (κ3) is 6.85. The summed E-state index contributed by atoms with van der Waals surface area (Å²) in [7, 11) is -3.72. The number of hydrogen-bond acceptors (Lipinski definition) is 4. The number of sulfonamides is 1. The van der Waals surface area contributed by atoms with Crippen LogP contribution in [0.15, 0.2) is 77.7 Å². The molecule has 1 N–H and O–H groups in total. The molecule has 1 fully saturated rings. The molecular weight excluding hydrogens is 460 g/mol. The van der Waals surface area contributed by atoms with Gasteiger partial charge in [-0.05, 0) is 92.1 Å². The Morgan fingerprint density at radius 1 is 0.943 bits per heavy atom. The van der Waals surface area contributed by atoms with E-state index in [-0.39, 0.29) is 17.4 Å². The van der Waals surface area contributed by atoms with E-state index in [1.807, 2.05) is 30.9 Å². The average Bonchev–Trinajstić information content (AvgIpc) is 2.83. The first-order valence-corrected chi connectivity index (χ1v) is 13.4. The molecule has 0 saturated carbocycles. The monoisotopic (exact) mass is 492 g/mol. The number of carbonyl (C=O) groups excluding carboxylic acids is 1. The van der Waals surface area contributed by atoms with E-state index >= 15 is 0 Å². The molecule has 1 heterocycles. The molecule has 35 heavy (non-hydrogen) atoms. The predicted octanol–water partition coefficient (Wildman–Crippen LogP) is 4.96. The molecule has 3 aromatic rings. The zero-order chi connectivity index (χ0) is 24.8. The number of anilines is 1. The molecule has 1 aliphatic heterocycles. The fourth-order valence-corrected chi connectivity index (χ4v) is 5.57. The number of hydrogen-bond donors (Lipinski definition) is 1. The van der Waals surface area contributed by atoms with Crippen LogP contribution < -0.4 is 9.46 Å². The fraction of sp³-hybridized carbons (Fsp3) is 0.321. The number of aryl methyl sites for hydroxylation is 2. The van der Waals surface area contributed by atoms with Crippen LogP contribution in [0, 0.1) is 19.8 Å². The molecular formula is C28H32N2O4S. The minimum Gasteiger partial charge on any atom is -0.484 e. The van der Waals surface area contributed by atoms with Crippen molar-refractivity contribution in [3.63, 3.8) is 0 Å². The second-order valence-electron chi connectivity index (χ2n) is 9.26. The largest absolute Gasteiger partial charge is 0.484 e. The Morgan fingerprint density at radius 2 is 1.57 bits per heavy atom. The van der Waals surface area contributed by atoms with Gasteiger partial charge in [-0.15, -0.1) is 0 Å². The molecule has 0 radical (unpaired) electrons. The summed E-state index contributed by atoms with van der Waals surface area (Å²) < 4.78 is 33.7. The van der Waals surface area contributed by atoms with Gasteiger partial charge < -0.3 is 9.64 Å². The Bertz CT molecular complexity index is 1230. The molecule has 3 aromatic carbocycles. The molecule has 0 aliphatic carbocycles. The van der Waals surface area contributed by atoms with Crippen molar-refractivity contribution in [1.82, 2.24) is 4.90 Å². The van der Waals surface area contributed by atoms with Gasteiger partial charge in [0.2, 0.25) is 0 Å². The third-order valence-corrected chi connectivity index (χ3v) is 7.70. The molecule has 6 nitrogen and oxygen atoms in total. The van der Waals surface area contributed by atoms with Crippen LogP contribution in [0.3, 0.4) is 0 Å². The van der Waals surface area contributed by atoms with Crippen LogP contribution in [0.25, 0.3) is 0 Å². The highest BCUT2D eigenvalue weighted by molar-refractivity contribution is 7.92. The zero-order valence-corrected chi connectivity index (χ0v) is 21.1. The van der Waals surface area contributed by atoms with Crippen LogP contribution in [0.1, 0.15) is 29.5 Å². The lowest BCUT2D eigenvalue weighted by Crippen LogP contribution is -2.41. The number of rotatable bonds is 8. The van der Waals surface area contributed by atoms with E-state index in [1.54, 1.807) is 24.3 Å². The summed E-state index contributed by atoms with van der Waals surface area (Å²) in [5.41, 5.74) is 3.84. The first-order chi connectivity index (χ1) is 16.8. The highest BCUT2D eigenvalue weighted by atomic mass is 32.2. The molecule has 0 atom stereocenters. The highest BCUT2D eigenvalue weighted by Gasteiger charge is 2.23. The van der Waals surface area contributed by atoms with E-state index < -0.39 is 10.0 Å². The molecule has 1 amide bonds. The van der Waals surface area contributed by atoms with Gasteiger partial charge in [0.1, 0.15) is 5.75 Å². The van der Waals surface area contributed by atoms with Crippen molar-refractivity contribution in [1.29, 1.82) is 0 Å². The summed E-state index contributed by atoms with van der Waals surface area (Å²) in [6.45, 7) is 5.26.